The Hall–Kier alpha value is -2.73. The molecule has 0 bridgehead atoms. The van der Waals surface area contributed by atoms with Gasteiger partial charge < -0.3 is 9.80 Å². The van der Waals surface area contributed by atoms with Crippen LogP contribution in [0.5, 0.6) is 0 Å². The molecular formula is C19H18ClN5O. The largest absolute Gasteiger partial charge is 0.351 e. The summed E-state index contributed by atoms with van der Waals surface area (Å²) in [7, 11) is 0. The molecule has 26 heavy (non-hydrogen) atoms. The highest BCUT2D eigenvalue weighted by Crippen LogP contribution is 2.29. The third-order valence-electron chi connectivity index (χ3n) is 4.73. The van der Waals surface area contributed by atoms with E-state index >= 15 is 0 Å². The quantitative estimate of drug-likeness (QED) is 0.696. The molecule has 0 spiro atoms. The van der Waals surface area contributed by atoms with E-state index in [-0.39, 0.29) is 11.9 Å². The third kappa shape index (κ3) is 2.97. The number of rotatable bonds is 2. The van der Waals surface area contributed by atoms with Gasteiger partial charge in [-0.15, -0.1) is 10.2 Å². The van der Waals surface area contributed by atoms with Gasteiger partial charge in [-0.3, -0.25) is 9.78 Å². The van der Waals surface area contributed by atoms with Crippen LogP contribution in [0.25, 0.3) is 10.8 Å². The van der Waals surface area contributed by atoms with Gasteiger partial charge in [0.05, 0.1) is 0 Å². The van der Waals surface area contributed by atoms with Gasteiger partial charge in [0, 0.05) is 54.4 Å². The van der Waals surface area contributed by atoms with Crippen LogP contribution < -0.4 is 4.90 Å². The molecule has 2 aromatic heterocycles. The summed E-state index contributed by atoms with van der Waals surface area (Å²) in [6.07, 6.45) is 3.45. The minimum absolute atomic E-state index is 0.0562. The van der Waals surface area contributed by atoms with Crippen molar-refractivity contribution >= 4 is 34.1 Å². The van der Waals surface area contributed by atoms with Gasteiger partial charge in [-0.25, -0.2) is 0 Å². The lowest BCUT2D eigenvalue weighted by Gasteiger charge is -2.40. The van der Waals surface area contributed by atoms with Crippen LogP contribution >= 0.6 is 11.6 Å². The van der Waals surface area contributed by atoms with E-state index in [9.17, 15) is 4.79 Å². The number of hydrogen-bond acceptors (Lipinski definition) is 5. The second-order valence-electron chi connectivity index (χ2n) is 6.40. The number of halogens is 1. The van der Waals surface area contributed by atoms with Gasteiger partial charge in [0.25, 0.3) is 5.91 Å². The van der Waals surface area contributed by atoms with Crippen molar-refractivity contribution in [3.05, 3.63) is 59.5 Å². The van der Waals surface area contributed by atoms with Gasteiger partial charge in [0.1, 0.15) is 0 Å². The summed E-state index contributed by atoms with van der Waals surface area (Å²) in [5, 5.41) is 10.5. The van der Waals surface area contributed by atoms with Crippen LogP contribution in [-0.4, -0.2) is 51.7 Å². The number of benzene rings is 1. The maximum absolute atomic E-state index is 12.8. The molecule has 1 saturated heterocycles. The van der Waals surface area contributed by atoms with Crippen molar-refractivity contribution in [3.63, 3.8) is 0 Å². The van der Waals surface area contributed by atoms with Crippen molar-refractivity contribution in [3.8, 4) is 0 Å². The maximum Gasteiger partial charge on any atom is 0.254 e. The molecule has 132 valence electrons. The summed E-state index contributed by atoms with van der Waals surface area (Å²) in [5.74, 6) is 0.822. The number of nitrogens with zero attached hydrogens (tertiary/aromatic N) is 5. The zero-order valence-corrected chi connectivity index (χ0v) is 15.1. The Morgan fingerprint density at radius 3 is 2.69 bits per heavy atom. The summed E-state index contributed by atoms with van der Waals surface area (Å²) in [4.78, 5) is 21.0. The highest BCUT2D eigenvalue weighted by Gasteiger charge is 2.29. The zero-order chi connectivity index (χ0) is 18.1. The molecule has 0 radical (unpaired) electrons. The van der Waals surface area contributed by atoms with Crippen molar-refractivity contribution in [2.45, 2.75) is 13.0 Å². The molecule has 1 amide bonds. The number of fused-ring (bicyclic) bond motifs is 1. The molecule has 1 unspecified atom stereocenters. The number of anilines is 1. The fourth-order valence-electron chi connectivity index (χ4n) is 3.38. The fourth-order valence-corrected chi connectivity index (χ4v) is 3.59. The number of aromatic nitrogens is 3. The van der Waals surface area contributed by atoms with Crippen LogP contribution in [0.15, 0.2) is 48.8 Å². The van der Waals surface area contributed by atoms with E-state index in [0.29, 0.717) is 30.4 Å². The SMILES string of the molecule is CC1CN(c2nnc(Cl)c3ccncc23)CCN1C(=O)c1ccccc1. The normalized spacial score (nSPS) is 17.5. The molecule has 1 aliphatic rings. The lowest BCUT2D eigenvalue weighted by Crippen LogP contribution is -2.54. The Morgan fingerprint density at radius 2 is 1.92 bits per heavy atom. The van der Waals surface area contributed by atoms with E-state index in [1.807, 2.05) is 41.3 Å². The number of carbonyl (C=O) groups excluding carboxylic acids is 1. The number of pyridine rings is 1. The Morgan fingerprint density at radius 1 is 1.12 bits per heavy atom. The predicted molar refractivity (Wildman–Crippen MR) is 101 cm³/mol. The van der Waals surface area contributed by atoms with E-state index in [4.69, 9.17) is 11.6 Å². The average Bonchev–Trinajstić information content (AvgIpc) is 2.69. The van der Waals surface area contributed by atoms with Gasteiger partial charge in [-0.05, 0) is 25.1 Å². The lowest BCUT2D eigenvalue weighted by atomic mass is 10.1. The average molecular weight is 368 g/mol. The van der Waals surface area contributed by atoms with E-state index in [1.54, 1.807) is 12.4 Å². The molecule has 0 aliphatic carbocycles. The van der Waals surface area contributed by atoms with E-state index < -0.39 is 0 Å². The maximum atomic E-state index is 12.8. The first-order valence-electron chi connectivity index (χ1n) is 8.52. The van der Waals surface area contributed by atoms with Crippen LogP contribution in [0.1, 0.15) is 17.3 Å². The third-order valence-corrected chi connectivity index (χ3v) is 5.00. The van der Waals surface area contributed by atoms with Gasteiger partial charge in [-0.2, -0.15) is 0 Å². The van der Waals surface area contributed by atoms with Crippen molar-refractivity contribution in [1.82, 2.24) is 20.1 Å². The van der Waals surface area contributed by atoms with Crippen LogP contribution in [0, 0.1) is 0 Å². The van der Waals surface area contributed by atoms with Gasteiger partial charge in [-0.1, -0.05) is 29.8 Å². The van der Waals surface area contributed by atoms with E-state index in [2.05, 4.69) is 27.0 Å². The fraction of sp³-hybridized carbons (Fsp3) is 0.263. The summed E-state index contributed by atoms with van der Waals surface area (Å²) in [6.45, 7) is 4.04. The predicted octanol–water partition coefficient (Wildman–Crippen LogP) is 3.03. The summed E-state index contributed by atoms with van der Waals surface area (Å²) < 4.78 is 0. The smallest absolute Gasteiger partial charge is 0.254 e. The molecule has 1 aromatic carbocycles. The Bertz CT molecular complexity index is 949. The van der Waals surface area contributed by atoms with Crippen molar-refractivity contribution in [2.75, 3.05) is 24.5 Å². The molecule has 4 rings (SSSR count). The summed E-state index contributed by atoms with van der Waals surface area (Å²) >= 11 is 6.16. The molecular weight excluding hydrogens is 350 g/mol. The number of amides is 1. The van der Waals surface area contributed by atoms with Crippen LogP contribution in [-0.2, 0) is 0 Å². The molecule has 0 saturated carbocycles. The van der Waals surface area contributed by atoms with Gasteiger partial charge in [0.2, 0.25) is 0 Å². The van der Waals surface area contributed by atoms with Crippen molar-refractivity contribution in [2.24, 2.45) is 0 Å². The zero-order valence-electron chi connectivity index (χ0n) is 14.3. The van der Waals surface area contributed by atoms with Crippen LogP contribution in [0.4, 0.5) is 5.82 Å². The minimum Gasteiger partial charge on any atom is -0.351 e. The lowest BCUT2D eigenvalue weighted by molar-refractivity contribution is 0.0674. The number of hydrogen-bond donors (Lipinski definition) is 0. The van der Waals surface area contributed by atoms with Gasteiger partial charge in [0.15, 0.2) is 11.0 Å². The van der Waals surface area contributed by atoms with E-state index in [1.165, 1.54) is 0 Å². The first-order valence-corrected chi connectivity index (χ1v) is 8.90. The van der Waals surface area contributed by atoms with Crippen LogP contribution in [0.2, 0.25) is 5.15 Å². The molecule has 7 heteroatoms. The molecule has 0 N–H and O–H groups in total. The monoisotopic (exact) mass is 367 g/mol. The van der Waals surface area contributed by atoms with Crippen LogP contribution in [0.3, 0.4) is 0 Å². The van der Waals surface area contributed by atoms with E-state index in [0.717, 1.165) is 16.6 Å². The summed E-state index contributed by atoms with van der Waals surface area (Å²) in [5.41, 5.74) is 0.716. The molecule has 3 aromatic rings. The van der Waals surface area contributed by atoms with Crippen molar-refractivity contribution in [1.29, 1.82) is 0 Å². The topological polar surface area (TPSA) is 62.2 Å². The molecule has 1 fully saturated rings. The number of piperazine rings is 1. The summed E-state index contributed by atoms with van der Waals surface area (Å²) in [6, 6.07) is 11.3. The number of carbonyl (C=O) groups is 1. The van der Waals surface area contributed by atoms with Gasteiger partial charge >= 0.3 is 0 Å². The molecule has 1 aliphatic heterocycles. The molecule has 1 atom stereocenters. The standard InChI is InChI=1S/C19H18ClN5O/c1-13-12-24(9-10-25(13)19(26)14-5-3-2-4-6-14)18-16-11-21-8-7-15(16)17(20)22-23-18/h2-8,11,13H,9-10,12H2,1H3. The second kappa shape index (κ2) is 6.88. The highest BCUT2D eigenvalue weighted by molar-refractivity contribution is 6.34. The Labute approximate surface area is 156 Å². The van der Waals surface area contributed by atoms with Crippen molar-refractivity contribution < 1.29 is 4.79 Å². The Balaban J connectivity index is 1.58. The first kappa shape index (κ1) is 16.7. The molecule has 6 nitrogen and oxygen atoms in total. The second-order valence-corrected chi connectivity index (χ2v) is 6.75. The highest BCUT2D eigenvalue weighted by atomic mass is 35.5. The molecule has 3 heterocycles. The first-order chi connectivity index (χ1) is 12.6. The Kier molecular flexibility index (Phi) is 4.42. The minimum atomic E-state index is 0.0562.